The highest BCUT2D eigenvalue weighted by Crippen LogP contribution is 2.02. The van der Waals surface area contributed by atoms with E-state index in [0.717, 1.165) is 37.9 Å². The molecule has 0 radical (unpaired) electrons. The minimum Gasteiger partial charge on any atom is -0.468 e. The molecular formula is C12H22N2O. The average molecular weight is 210 g/mol. The van der Waals surface area contributed by atoms with Crippen LogP contribution < -0.4 is 5.32 Å². The van der Waals surface area contributed by atoms with Gasteiger partial charge >= 0.3 is 0 Å². The van der Waals surface area contributed by atoms with Crippen molar-refractivity contribution in [1.29, 1.82) is 0 Å². The summed E-state index contributed by atoms with van der Waals surface area (Å²) in [5, 5.41) is 3.42. The van der Waals surface area contributed by atoms with Crippen molar-refractivity contribution in [3.05, 3.63) is 24.2 Å². The lowest BCUT2D eigenvalue weighted by Crippen LogP contribution is -2.30. The Bertz CT molecular complexity index is 244. The average Bonchev–Trinajstić information content (AvgIpc) is 2.64. The van der Waals surface area contributed by atoms with Gasteiger partial charge < -0.3 is 9.73 Å². The Hall–Kier alpha value is -0.800. The SMILES string of the molecule is CC(C)CNCCN(C)Cc1ccco1. The van der Waals surface area contributed by atoms with E-state index in [1.165, 1.54) is 0 Å². The molecule has 1 aromatic heterocycles. The lowest BCUT2D eigenvalue weighted by molar-refractivity contribution is 0.292. The summed E-state index contributed by atoms with van der Waals surface area (Å²) in [5.41, 5.74) is 0. The number of hydrogen-bond acceptors (Lipinski definition) is 3. The molecule has 0 atom stereocenters. The normalized spacial score (nSPS) is 11.5. The van der Waals surface area contributed by atoms with Crippen LogP contribution in [0.25, 0.3) is 0 Å². The first-order valence-electron chi connectivity index (χ1n) is 5.60. The van der Waals surface area contributed by atoms with E-state index in [9.17, 15) is 0 Å². The number of rotatable bonds is 7. The van der Waals surface area contributed by atoms with Crippen molar-refractivity contribution < 1.29 is 4.42 Å². The van der Waals surface area contributed by atoms with Gasteiger partial charge in [0, 0.05) is 13.1 Å². The Kier molecular flexibility index (Phi) is 5.43. The van der Waals surface area contributed by atoms with Crippen LogP contribution in [0.4, 0.5) is 0 Å². The number of likely N-dealkylation sites (N-methyl/N-ethyl adjacent to an activating group) is 1. The molecule has 1 rings (SSSR count). The third-order valence-corrected chi connectivity index (χ3v) is 2.23. The maximum atomic E-state index is 5.29. The molecule has 1 aromatic rings. The summed E-state index contributed by atoms with van der Waals surface area (Å²) >= 11 is 0. The van der Waals surface area contributed by atoms with Crippen LogP contribution in [-0.2, 0) is 6.54 Å². The molecule has 1 heterocycles. The first kappa shape index (κ1) is 12.3. The minimum atomic E-state index is 0.723. The van der Waals surface area contributed by atoms with Crippen molar-refractivity contribution in [3.63, 3.8) is 0 Å². The summed E-state index contributed by atoms with van der Waals surface area (Å²) in [7, 11) is 2.11. The zero-order valence-electron chi connectivity index (χ0n) is 9.99. The summed E-state index contributed by atoms with van der Waals surface area (Å²) in [6.07, 6.45) is 1.72. The molecule has 0 unspecified atom stereocenters. The van der Waals surface area contributed by atoms with Crippen LogP contribution in [0.1, 0.15) is 19.6 Å². The lowest BCUT2D eigenvalue weighted by atomic mass is 10.2. The van der Waals surface area contributed by atoms with Crippen LogP contribution in [0.2, 0.25) is 0 Å². The van der Waals surface area contributed by atoms with Crippen LogP contribution in [0.5, 0.6) is 0 Å². The highest BCUT2D eigenvalue weighted by atomic mass is 16.3. The summed E-state index contributed by atoms with van der Waals surface area (Å²) in [5.74, 6) is 1.75. The Labute approximate surface area is 92.5 Å². The fourth-order valence-electron chi connectivity index (χ4n) is 1.41. The van der Waals surface area contributed by atoms with Gasteiger partial charge in [0.2, 0.25) is 0 Å². The zero-order valence-corrected chi connectivity index (χ0v) is 9.99. The first-order chi connectivity index (χ1) is 7.18. The van der Waals surface area contributed by atoms with Gasteiger partial charge in [-0.05, 0) is 31.6 Å². The monoisotopic (exact) mass is 210 g/mol. The number of nitrogens with one attached hydrogen (secondary N) is 1. The summed E-state index contributed by atoms with van der Waals surface area (Å²) < 4.78 is 5.29. The van der Waals surface area contributed by atoms with Gasteiger partial charge in [0.15, 0.2) is 0 Å². The number of hydrogen-bond donors (Lipinski definition) is 1. The van der Waals surface area contributed by atoms with Crippen LogP contribution in [0, 0.1) is 5.92 Å². The Morgan fingerprint density at radius 3 is 2.87 bits per heavy atom. The molecule has 0 aliphatic rings. The predicted octanol–water partition coefficient (Wildman–Crippen LogP) is 1.96. The third kappa shape index (κ3) is 5.60. The van der Waals surface area contributed by atoms with E-state index in [-0.39, 0.29) is 0 Å². The van der Waals surface area contributed by atoms with Gasteiger partial charge in [-0.1, -0.05) is 13.8 Å². The van der Waals surface area contributed by atoms with E-state index in [4.69, 9.17) is 4.42 Å². The zero-order chi connectivity index (χ0) is 11.1. The molecule has 0 aromatic carbocycles. The largest absolute Gasteiger partial charge is 0.468 e. The van der Waals surface area contributed by atoms with E-state index in [1.54, 1.807) is 6.26 Å². The maximum Gasteiger partial charge on any atom is 0.117 e. The molecule has 15 heavy (non-hydrogen) atoms. The second-order valence-electron chi connectivity index (χ2n) is 4.42. The predicted molar refractivity (Wildman–Crippen MR) is 62.7 cm³/mol. The smallest absolute Gasteiger partial charge is 0.117 e. The van der Waals surface area contributed by atoms with Crippen LogP contribution in [-0.4, -0.2) is 31.6 Å². The quantitative estimate of drug-likeness (QED) is 0.697. The standard InChI is InChI=1S/C12H22N2O/c1-11(2)9-13-6-7-14(3)10-12-5-4-8-15-12/h4-5,8,11,13H,6-7,9-10H2,1-3H3. The highest BCUT2D eigenvalue weighted by Gasteiger charge is 2.01. The summed E-state index contributed by atoms with van der Waals surface area (Å²) in [6, 6.07) is 3.94. The van der Waals surface area contributed by atoms with E-state index < -0.39 is 0 Å². The van der Waals surface area contributed by atoms with Crippen LogP contribution in [0.3, 0.4) is 0 Å². The molecular weight excluding hydrogens is 188 g/mol. The van der Waals surface area contributed by atoms with Gasteiger partial charge in [-0.15, -0.1) is 0 Å². The molecule has 0 aliphatic heterocycles. The molecule has 0 saturated heterocycles. The molecule has 0 fully saturated rings. The molecule has 0 saturated carbocycles. The van der Waals surface area contributed by atoms with Crippen molar-refractivity contribution in [3.8, 4) is 0 Å². The second kappa shape index (κ2) is 6.64. The topological polar surface area (TPSA) is 28.4 Å². The maximum absolute atomic E-state index is 5.29. The van der Waals surface area contributed by atoms with E-state index in [1.807, 2.05) is 12.1 Å². The fourth-order valence-corrected chi connectivity index (χ4v) is 1.41. The van der Waals surface area contributed by atoms with Crippen molar-refractivity contribution >= 4 is 0 Å². The van der Waals surface area contributed by atoms with Crippen LogP contribution >= 0.6 is 0 Å². The molecule has 1 N–H and O–H groups in total. The molecule has 0 bridgehead atoms. The van der Waals surface area contributed by atoms with Gasteiger partial charge in [-0.2, -0.15) is 0 Å². The second-order valence-corrected chi connectivity index (χ2v) is 4.42. The Morgan fingerprint density at radius 2 is 2.27 bits per heavy atom. The van der Waals surface area contributed by atoms with E-state index in [2.05, 4.69) is 31.1 Å². The first-order valence-corrected chi connectivity index (χ1v) is 5.60. The van der Waals surface area contributed by atoms with Crippen molar-refractivity contribution in [2.75, 3.05) is 26.7 Å². The van der Waals surface area contributed by atoms with Gasteiger partial charge in [0.05, 0.1) is 12.8 Å². The molecule has 3 nitrogen and oxygen atoms in total. The lowest BCUT2D eigenvalue weighted by Gasteiger charge is -2.16. The molecule has 0 spiro atoms. The van der Waals surface area contributed by atoms with Gasteiger partial charge in [-0.25, -0.2) is 0 Å². The van der Waals surface area contributed by atoms with Gasteiger partial charge in [-0.3, -0.25) is 4.90 Å². The third-order valence-electron chi connectivity index (χ3n) is 2.23. The van der Waals surface area contributed by atoms with Gasteiger partial charge in [0.1, 0.15) is 5.76 Å². The van der Waals surface area contributed by atoms with E-state index in [0.29, 0.717) is 0 Å². The van der Waals surface area contributed by atoms with Crippen molar-refractivity contribution in [1.82, 2.24) is 10.2 Å². The number of nitrogens with zero attached hydrogens (tertiary/aromatic N) is 1. The molecule has 0 aliphatic carbocycles. The summed E-state index contributed by atoms with van der Waals surface area (Å²) in [4.78, 5) is 2.26. The van der Waals surface area contributed by atoms with Crippen LogP contribution in [0.15, 0.2) is 22.8 Å². The fraction of sp³-hybridized carbons (Fsp3) is 0.667. The molecule has 0 amide bonds. The van der Waals surface area contributed by atoms with Gasteiger partial charge in [0.25, 0.3) is 0 Å². The Balaban J connectivity index is 2.06. The Morgan fingerprint density at radius 1 is 1.47 bits per heavy atom. The minimum absolute atomic E-state index is 0.723. The van der Waals surface area contributed by atoms with Crippen molar-refractivity contribution in [2.24, 2.45) is 5.92 Å². The van der Waals surface area contributed by atoms with Crippen molar-refractivity contribution in [2.45, 2.75) is 20.4 Å². The molecule has 86 valence electrons. The highest BCUT2D eigenvalue weighted by molar-refractivity contribution is 4.97. The van der Waals surface area contributed by atoms with E-state index >= 15 is 0 Å². The summed E-state index contributed by atoms with van der Waals surface area (Å²) in [6.45, 7) is 8.51. The molecule has 3 heteroatoms. The number of furan rings is 1.